The number of nitrogens with zero attached hydrogens (tertiary/aromatic N) is 2. The van der Waals surface area contributed by atoms with Crippen molar-refractivity contribution in [3.63, 3.8) is 0 Å². The summed E-state index contributed by atoms with van der Waals surface area (Å²) in [5.74, 6) is 2.37. The molecule has 2 aliphatic rings. The van der Waals surface area contributed by atoms with Crippen molar-refractivity contribution in [2.45, 2.75) is 70.2 Å². The summed E-state index contributed by atoms with van der Waals surface area (Å²) in [5.41, 5.74) is 6.08. The summed E-state index contributed by atoms with van der Waals surface area (Å²) >= 11 is 0. The molecule has 1 aromatic heterocycles. The number of hydrogen-bond donors (Lipinski definition) is 3. The molecule has 1 aliphatic heterocycles. The first-order chi connectivity index (χ1) is 20.3. The molecule has 1 saturated carbocycles. The van der Waals surface area contributed by atoms with Crippen LogP contribution in [0.15, 0.2) is 72.8 Å². The Morgan fingerprint density at radius 1 is 0.929 bits per heavy atom. The van der Waals surface area contributed by atoms with E-state index in [2.05, 4.69) is 50.4 Å². The van der Waals surface area contributed by atoms with Gasteiger partial charge in [0.1, 0.15) is 17.6 Å². The first-order valence-corrected chi connectivity index (χ1v) is 15.3. The molecule has 6 nitrogen and oxygen atoms in total. The van der Waals surface area contributed by atoms with E-state index in [4.69, 9.17) is 14.7 Å². The van der Waals surface area contributed by atoms with E-state index in [-0.39, 0.29) is 18.2 Å². The second-order valence-electron chi connectivity index (χ2n) is 12.9. The fourth-order valence-electron chi connectivity index (χ4n) is 7.48. The van der Waals surface area contributed by atoms with Gasteiger partial charge in [-0.3, -0.25) is 5.32 Å². The van der Waals surface area contributed by atoms with Crippen LogP contribution in [0.2, 0.25) is 0 Å². The molecule has 6 heteroatoms. The van der Waals surface area contributed by atoms with Crippen molar-refractivity contribution >= 4 is 32.8 Å². The summed E-state index contributed by atoms with van der Waals surface area (Å²) in [4.78, 5) is 10.5. The minimum atomic E-state index is -0.953. The summed E-state index contributed by atoms with van der Waals surface area (Å²) < 4.78 is 6.88. The van der Waals surface area contributed by atoms with E-state index in [9.17, 15) is 10.2 Å². The second-order valence-corrected chi connectivity index (χ2v) is 12.9. The molecule has 1 aliphatic carbocycles. The molecular weight excluding hydrogens is 522 g/mol. The second kappa shape index (κ2) is 10.6. The van der Waals surface area contributed by atoms with Crippen molar-refractivity contribution in [3.8, 4) is 5.75 Å². The van der Waals surface area contributed by atoms with E-state index < -0.39 is 6.23 Å². The Morgan fingerprint density at radius 2 is 1.67 bits per heavy atom. The summed E-state index contributed by atoms with van der Waals surface area (Å²) in [6.07, 6.45) is 3.14. The van der Waals surface area contributed by atoms with E-state index in [1.807, 2.05) is 48.5 Å². The van der Waals surface area contributed by atoms with Gasteiger partial charge in [-0.15, -0.1) is 0 Å². The molecule has 1 unspecified atom stereocenters. The Morgan fingerprint density at radius 3 is 2.45 bits per heavy atom. The third-order valence-electron chi connectivity index (χ3n) is 9.61. The Bertz CT molecular complexity index is 1770. The fourth-order valence-corrected chi connectivity index (χ4v) is 7.48. The molecule has 1 fully saturated rings. The lowest BCUT2D eigenvalue weighted by Crippen LogP contribution is -2.46. The summed E-state index contributed by atoms with van der Waals surface area (Å²) in [5, 5.41) is 26.5. The van der Waals surface area contributed by atoms with Crippen LogP contribution in [0.5, 0.6) is 5.75 Å². The van der Waals surface area contributed by atoms with Gasteiger partial charge < -0.3 is 14.9 Å². The number of benzene rings is 4. The molecule has 4 aromatic carbocycles. The monoisotopic (exact) mass is 561 g/mol. The van der Waals surface area contributed by atoms with Crippen LogP contribution in [0, 0.1) is 11.8 Å². The maximum absolute atomic E-state index is 11.2. The van der Waals surface area contributed by atoms with Crippen molar-refractivity contribution in [3.05, 3.63) is 89.5 Å². The highest BCUT2D eigenvalue weighted by molar-refractivity contribution is 6.11. The Kier molecular flexibility index (Phi) is 6.88. The molecule has 0 bridgehead atoms. The van der Waals surface area contributed by atoms with Gasteiger partial charge in [0.15, 0.2) is 0 Å². The predicted octanol–water partition coefficient (Wildman–Crippen LogP) is 6.81. The molecule has 0 amide bonds. The molecule has 0 radical (unpaired) electrons. The summed E-state index contributed by atoms with van der Waals surface area (Å²) in [7, 11) is 0. The predicted molar refractivity (Wildman–Crippen MR) is 168 cm³/mol. The lowest BCUT2D eigenvalue weighted by molar-refractivity contribution is -0.0115. The minimum Gasteiger partial charge on any atom is -0.487 e. The van der Waals surface area contributed by atoms with Gasteiger partial charge in [0.05, 0.1) is 28.7 Å². The number of hydrogen-bond acceptors (Lipinski definition) is 6. The van der Waals surface area contributed by atoms with Gasteiger partial charge in [-0.25, -0.2) is 9.97 Å². The maximum Gasteiger partial charge on any atom is 0.133 e. The van der Waals surface area contributed by atoms with Crippen molar-refractivity contribution < 1.29 is 14.9 Å². The Labute approximate surface area is 246 Å². The molecule has 42 heavy (non-hydrogen) atoms. The van der Waals surface area contributed by atoms with Crippen LogP contribution in [-0.2, 0) is 6.42 Å². The first kappa shape index (κ1) is 27.3. The van der Waals surface area contributed by atoms with E-state index in [0.717, 1.165) is 57.0 Å². The van der Waals surface area contributed by atoms with Crippen LogP contribution in [0.25, 0.3) is 32.8 Å². The number of aromatic nitrogens is 2. The Hall–Kier alpha value is -3.58. The van der Waals surface area contributed by atoms with Crippen LogP contribution >= 0.6 is 0 Å². The van der Waals surface area contributed by atoms with Crippen LogP contribution in [0.3, 0.4) is 0 Å². The third kappa shape index (κ3) is 4.72. The van der Waals surface area contributed by atoms with E-state index in [1.165, 1.54) is 12.0 Å². The normalized spacial score (nSPS) is 22.8. The Balaban J connectivity index is 1.34. The van der Waals surface area contributed by atoms with Crippen molar-refractivity contribution in [2.24, 2.45) is 11.8 Å². The highest BCUT2D eigenvalue weighted by Crippen LogP contribution is 2.56. The smallest absolute Gasteiger partial charge is 0.133 e. The van der Waals surface area contributed by atoms with E-state index in [0.29, 0.717) is 29.7 Å². The molecule has 5 aromatic rings. The lowest BCUT2D eigenvalue weighted by atomic mass is 9.64. The zero-order valence-electron chi connectivity index (χ0n) is 24.5. The van der Waals surface area contributed by atoms with Crippen LogP contribution < -0.4 is 10.1 Å². The first-order valence-electron chi connectivity index (χ1n) is 15.3. The largest absolute Gasteiger partial charge is 0.487 e. The lowest BCUT2D eigenvalue weighted by Gasteiger charge is -2.49. The maximum atomic E-state index is 11.2. The van der Waals surface area contributed by atoms with Crippen molar-refractivity contribution in [1.29, 1.82) is 0 Å². The zero-order chi connectivity index (χ0) is 29.0. The third-order valence-corrected chi connectivity index (χ3v) is 9.61. The number of aliphatic hydroxyl groups excluding tert-OH is 2. The topological polar surface area (TPSA) is 87.5 Å². The van der Waals surface area contributed by atoms with Crippen LogP contribution in [0.1, 0.15) is 68.9 Å². The molecule has 216 valence electrons. The zero-order valence-corrected chi connectivity index (χ0v) is 24.5. The molecule has 0 spiro atoms. The molecule has 2 heterocycles. The van der Waals surface area contributed by atoms with Gasteiger partial charge in [-0.05, 0) is 68.2 Å². The quantitative estimate of drug-likeness (QED) is 0.120. The van der Waals surface area contributed by atoms with Gasteiger partial charge >= 0.3 is 0 Å². The fraction of sp³-hybridized carbons (Fsp3) is 0.389. The van der Waals surface area contributed by atoms with E-state index in [1.54, 1.807) is 0 Å². The number of rotatable bonds is 6. The highest BCUT2D eigenvalue weighted by atomic mass is 16.5. The van der Waals surface area contributed by atoms with Crippen LogP contribution in [0.4, 0.5) is 0 Å². The van der Waals surface area contributed by atoms with Crippen molar-refractivity contribution in [1.82, 2.24) is 15.3 Å². The number of fused-ring (bicyclic) bond motifs is 9. The summed E-state index contributed by atoms with van der Waals surface area (Å²) in [6, 6.07) is 23.9. The van der Waals surface area contributed by atoms with E-state index >= 15 is 0 Å². The van der Waals surface area contributed by atoms with Gasteiger partial charge in [0, 0.05) is 28.3 Å². The average molecular weight is 562 g/mol. The minimum absolute atomic E-state index is 0.0828. The number of aliphatic hydroxyl groups is 2. The van der Waals surface area contributed by atoms with Gasteiger partial charge in [0.2, 0.25) is 0 Å². The van der Waals surface area contributed by atoms with Gasteiger partial charge in [-0.1, -0.05) is 74.0 Å². The molecule has 7 rings (SSSR count). The van der Waals surface area contributed by atoms with Crippen molar-refractivity contribution in [2.75, 3.05) is 6.61 Å². The molecule has 3 N–H and O–H groups in total. The number of nitrogens with one attached hydrogen (secondary N) is 1. The summed E-state index contributed by atoms with van der Waals surface area (Å²) in [6.45, 7) is 6.76. The molecule has 5 atom stereocenters. The average Bonchev–Trinajstić information content (AvgIpc) is 2.99. The van der Waals surface area contributed by atoms with Gasteiger partial charge in [0.25, 0.3) is 0 Å². The molecule has 0 saturated heterocycles. The van der Waals surface area contributed by atoms with Gasteiger partial charge in [-0.2, -0.15) is 0 Å². The highest BCUT2D eigenvalue weighted by Gasteiger charge is 2.47. The molecular formula is C36H39N3O3. The SMILES string of the molecule is C[C@@H]1CC[C@@H]2[C@@H](C1)c1c(c3ccccc3c3nc4ccc(C(O)N[C@@H](CO)Cc5ccccc5)cc4nc13)OC2(C)C. The van der Waals surface area contributed by atoms with Crippen LogP contribution in [-0.4, -0.2) is 38.4 Å². The number of ether oxygens (including phenoxy) is 1. The standard InChI is InChI=1S/C36H39N3O3/c1-21-13-15-28-27(17-21)31-33-32(25-11-7-8-12-26(25)34(31)42-36(28,2)3)38-29-16-14-23(19-30(29)39-33)35(41)37-24(20-40)18-22-9-5-4-6-10-22/h4-12,14,16,19,21,24,27-28,35,37,40-41H,13,15,17-18,20H2,1-3H3/t21-,24-,27-,28-,35?/m1/s1.